The molecule has 2 aliphatic heterocycles. The van der Waals surface area contributed by atoms with E-state index in [0.717, 1.165) is 40.2 Å². The Hall–Kier alpha value is -2.89. The maximum Gasteiger partial charge on any atom is 0.236 e. The van der Waals surface area contributed by atoms with Crippen molar-refractivity contribution >= 4 is 38.4 Å². The quantitative estimate of drug-likeness (QED) is 0.427. The molecule has 2 atom stereocenters. The number of piperazine rings is 1. The van der Waals surface area contributed by atoms with Crippen LogP contribution in [0.4, 0.5) is 0 Å². The number of aromatic nitrogens is 3. The Morgan fingerprint density at radius 2 is 2.17 bits per heavy atom. The SMILES string of the molecule is O=C1CN(C(c2cc3ncncc3s2)N2CCOC(c3cccc4[nH]ccc34)C2)CCN1CCO. The van der Waals surface area contributed by atoms with Crippen LogP contribution in [-0.4, -0.2) is 93.1 Å². The molecule has 0 saturated carbocycles. The van der Waals surface area contributed by atoms with Gasteiger partial charge in [0.05, 0.1) is 42.2 Å². The standard InChI is InChI=1S/C25H28N6O3S/c32-10-8-29-6-7-30(15-24(29)33)25(22-12-20-23(35-22)13-26-16-28-20)31-9-11-34-21(14-31)18-2-1-3-19-17(18)4-5-27-19/h1-5,12-13,16,21,25,27,32H,6-11,14-15H2. The number of carbonyl (C=O) groups excluding carboxylic acids is 1. The number of hydrogen-bond donors (Lipinski definition) is 2. The summed E-state index contributed by atoms with van der Waals surface area (Å²) in [6.07, 6.45) is 5.27. The van der Waals surface area contributed by atoms with E-state index in [1.807, 2.05) is 12.4 Å². The second-order valence-electron chi connectivity index (χ2n) is 9.01. The molecule has 2 N–H and O–H groups in total. The van der Waals surface area contributed by atoms with Gasteiger partial charge in [0.15, 0.2) is 0 Å². The lowest BCUT2D eigenvalue weighted by Crippen LogP contribution is -2.56. The van der Waals surface area contributed by atoms with Crippen LogP contribution in [0.1, 0.15) is 22.7 Å². The Kier molecular flexibility index (Phi) is 6.21. The fourth-order valence-electron chi connectivity index (χ4n) is 5.29. The van der Waals surface area contributed by atoms with Crippen LogP contribution >= 0.6 is 11.3 Å². The van der Waals surface area contributed by atoms with Crippen LogP contribution in [0.3, 0.4) is 0 Å². The number of β-amino-alcohol motifs (C(OH)–C–C–N with tert-alkyl or cyclic N) is 1. The zero-order chi connectivity index (χ0) is 23.8. The summed E-state index contributed by atoms with van der Waals surface area (Å²) in [5.74, 6) is 0.0538. The van der Waals surface area contributed by atoms with E-state index in [1.54, 1.807) is 22.6 Å². The normalized spacial score (nSPS) is 21.2. The number of benzene rings is 1. The molecule has 0 bridgehead atoms. The predicted molar refractivity (Wildman–Crippen MR) is 134 cm³/mol. The number of nitrogens with zero attached hydrogens (tertiary/aromatic N) is 5. The fourth-order valence-corrected chi connectivity index (χ4v) is 6.44. The van der Waals surface area contributed by atoms with Gasteiger partial charge in [-0.1, -0.05) is 12.1 Å². The molecule has 5 heterocycles. The molecule has 0 aliphatic carbocycles. The molecule has 0 spiro atoms. The van der Waals surface area contributed by atoms with Crippen LogP contribution in [0.5, 0.6) is 0 Å². The van der Waals surface area contributed by atoms with Crippen molar-refractivity contribution in [2.24, 2.45) is 0 Å². The lowest BCUT2D eigenvalue weighted by atomic mass is 10.0. The molecular formula is C25H28N6O3S. The van der Waals surface area contributed by atoms with Crippen molar-refractivity contribution in [3.63, 3.8) is 0 Å². The number of rotatable bonds is 6. The third kappa shape index (κ3) is 4.32. The molecule has 2 fully saturated rings. The number of ether oxygens (including phenoxy) is 1. The highest BCUT2D eigenvalue weighted by molar-refractivity contribution is 7.19. The number of H-pyrrole nitrogens is 1. The minimum absolute atomic E-state index is 0.0139. The molecule has 2 aliphatic rings. The monoisotopic (exact) mass is 492 g/mol. The molecule has 1 aromatic carbocycles. The highest BCUT2D eigenvalue weighted by Crippen LogP contribution is 2.38. The molecule has 2 unspecified atom stereocenters. The Morgan fingerprint density at radius 3 is 3.03 bits per heavy atom. The summed E-state index contributed by atoms with van der Waals surface area (Å²) in [6.45, 7) is 4.15. The number of nitrogens with one attached hydrogen (secondary N) is 1. The summed E-state index contributed by atoms with van der Waals surface area (Å²) in [7, 11) is 0. The van der Waals surface area contributed by atoms with Crippen molar-refractivity contribution in [2.75, 3.05) is 52.5 Å². The molecule has 9 nitrogen and oxygen atoms in total. The molecule has 10 heteroatoms. The number of carbonyl (C=O) groups is 1. The van der Waals surface area contributed by atoms with Gasteiger partial charge in [0.1, 0.15) is 6.33 Å². The van der Waals surface area contributed by atoms with E-state index >= 15 is 0 Å². The van der Waals surface area contributed by atoms with Gasteiger partial charge in [0.2, 0.25) is 5.91 Å². The summed E-state index contributed by atoms with van der Waals surface area (Å²) >= 11 is 1.69. The maximum absolute atomic E-state index is 12.9. The molecular weight excluding hydrogens is 464 g/mol. The van der Waals surface area contributed by atoms with Crippen LogP contribution in [0, 0.1) is 0 Å². The van der Waals surface area contributed by atoms with Crippen LogP contribution in [0.15, 0.2) is 49.1 Å². The number of aliphatic hydroxyl groups excluding tert-OH is 1. The van der Waals surface area contributed by atoms with Crippen molar-refractivity contribution in [3.05, 3.63) is 59.5 Å². The van der Waals surface area contributed by atoms with Crippen LogP contribution < -0.4 is 0 Å². The topological polar surface area (TPSA) is 97.8 Å². The number of aliphatic hydroxyl groups is 1. The van der Waals surface area contributed by atoms with Crippen molar-refractivity contribution < 1.29 is 14.6 Å². The van der Waals surface area contributed by atoms with E-state index in [2.05, 4.69) is 55.1 Å². The first-order chi connectivity index (χ1) is 17.2. The van der Waals surface area contributed by atoms with Gasteiger partial charge in [-0.05, 0) is 23.8 Å². The third-order valence-electron chi connectivity index (χ3n) is 6.95. The Bertz CT molecular complexity index is 1310. The van der Waals surface area contributed by atoms with E-state index in [1.165, 1.54) is 10.9 Å². The summed E-state index contributed by atoms with van der Waals surface area (Å²) in [5.41, 5.74) is 3.21. The minimum Gasteiger partial charge on any atom is -0.395 e. The van der Waals surface area contributed by atoms with E-state index < -0.39 is 0 Å². The van der Waals surface area contributed by atoms with Gasteiger partial charge in [0, 0.05) is 60.9 Å². The highest BCUT2D eigenvalue weighted by atomic mass is 32.1. The first-order valence-electron chi connectivity index (χ1n) is 11.9. The molecule has 0 radical (unpaired) electrons. The zero-order valence-corrected chi connectivity index (χ0v) is 20.2. The summed E-state index contributed by atoms with van der Waals surface area (Å²) in [5, 5.41) is 10.5. The first kappa shape index (κ1) is 22.6. The first-order valence-corrected chi connectivity index (χ1v) is 12.8. The van der Waals surface area contributed by atoms with Gasteiger partial charge in [0.25, 0.3) is 0 Å². The smallest absolute Gasteiger partial charge is 0.236 e. The Morgan fingerprint density at radius 1 is 1.23 bits per heavy atom. The van der Waals surface area contributed by atoms with Crippen molar-refractivity contribution in [1.82, 2.24) is 29.7 Å². The number of morpholine rings is 1. The number of amides is 1. The van der Waals surface area contributed by atoms with E-state index in [0.29, 0.717) is 26.2 Å². The molecule has 2 saturated heterocycles. The molecule has 1 amide bonds. The number of fused-ring (bicyclic) bond motifs is 2. The van der Waals surface area contributed by atoms with Gasteiger partial charge in [-0.2, -0.15) is 0 Å². The molecule has 4 aromatic rings. The van der Waals surface area contributed by atoms with Gasteiger partial charge in [-0.15, -0.1) is 11.3 Å². The molecule has 3 aromatic heterocycles. The van der Waals surface area contributed by atoms with E-state index in [9.17, 15) is 9.90 Å². The average Bonchev–Trinajstić information content (AvgIpc) is 3.53. The number of aromatic amines is 1. The van der Waals surface area contributed by atoms with Crippen LogP contribution in [0.2, 0.25) is 0 Å². The summed E-state index contributed by atoms with van der Waals surface area (Å²) in [6, 6.07) is 10.5. The minimum atomic E-state index is -0.0637. The average molecular weight is 493 g/mol. The number of thiophene rings is 1. The fraction of sp³-hybridized carbons (Fsp3) is 0.400. The van der Waals surface area contributed by atoms with Crippen molar-refractivity contribution in [2.45, 2.75) is 12.3 Å². The highest BCUT2D eigenvalue weighted by Gasteiger charge is 2.37. The number of hydrogen-bond acceptors (Lipinski definition) is 8. The van der Waals surface area contributed by atoms with Crippen molar-refractivity contribution in [1.29, 1.82) is 0 Å². The van der Waals surface area contributed by atoms with Crippen LogP contribution in [0.25, 0.3) is 21.1 Å². The predicted octanol–water partition coefficient (Wildman–Crippen LogP) is 2.38. The second kappa shape index (κ2) is 9.63. The lowest BCUT2D eigenvalue weighted by molar-refractivity contribution is -0.142. The Labute approximate surface area is 206 Å². The molecule has 35 heavy (non-hydrogen) atoms. The van der Waals surface area contributed by atoms with Crippen molar-refractivity contribution in [3.8, 4) is 0 Å². The second-order valence-corrected chi connectivity index (χ2v) is 10.1. The van der Waals surface area contributed by atoms with Gasteiger partial charge in [-0.3, -0.25) is 14.6 Å². The van der Waals surface area contributed by atoms with Gasteiger partial charge in [-0.25, -0.2) is 9.97 Å². The van der Waals surface area contributed by atoms with Crippen LogP contribution in [-0.2, 0) is 9.53 Å². The molecule has 182 valence electrons. The van der Waals surface area contributed by atoms with E-state index in [4.69, 9.17) is 4.74 Å². The van der Waals surface area contributed by atoms with Gasteiger partial charge >= 0.3 is 0 Å². The largest absolute Gasteiger partial charge is 0.395 e. The summed E-state index contributed by atoms with van der Waals surface area (Å²) in [4.78, 5) is 32.4. The van der Waals surface area contributed by atoms with E-state index in [-0.39, 0.29) is 24.8 Å². The Balaban J connectivity index is 1.33. The zero-order valence-electron chi connectivity index (χ0n) is 19.3. The third-order valence-corrected chi connectivity index (χ3v) is 8.05. The van der Waals surface area contributed by atoms with Gasteiger partial charge < -0.3 is 19.7 Å². The molecule has 6 rings (SSSR count). The maximum atomic E-state index is 12.9. The lowest BCUT2D eigenvalue weighted by Gasteiger charge is -2.45. The summed E-state index contributed by atoms with van der Waals surface area (Å²) < 4.78 is 7.32.